The third-order valence-corrected chi connectivity index (χ3v) is 2.77. The van der Waals surface area contributed by atoms with Crippen LogP contribution >= 0.6 is 0 Å². The lowest BCUT2D eigenvalue weighted by molar-refractivity contribution is 0.297. The molecule has 0 aliphatic heterocycles. The smallest absolute Gasteiger partial charge is 0.227 e. The van der Waals surface area contributed by atoms with Crippen LogP contribution in [0.1, 0.15) is 11.1 Å². The zero-order valence-electron chi connectivity index (χ0n) is 10.00. The Hall–Kier alpha value is -2.87. The van der Waals surface area contributed by atoms with Crippen LogP contribution in [0.3, 0.4) is 0 Å². The Morgan fingerprint density at radius 3 is 2.84 bits per heavy atom. The number of benzene rings is 1. The summed E-state index contributed by atoms with van der Waals surface area (Å²) in [6.07, 6.45) is 3.02. The van der Waals surface area contributed by atoms with Gasteiger partial charge in [0.1, 0.15) is 24.7 Å². The number of H-pyrrole nitrogens is 1. The fraction of sp³-hybridized carbons (Fsp3) is 0.0714. The van der Waals surface area contributed by atoms with Crippen molar-refractivity contribution in [2.24, 2.45) is 0 Å². The molecule has 0 bridgehead atoms. The summed E-state index contributed by atoms with van der Waals surface area (Å²) < 4.78 is 5.68. The van der Waals surface area contributed by atoms with E-state index in [4.69, 9.17) is 10.00 Å². The molecule has 92 valence electrons. The molecule has 3 aromatic rings. The minimum Gasteiger partial charge on any atom is -0.472 e. The summed E-state index contributed by atoms with van der Waals surface area (Å²) >= 11 is 0. The summed E-state index contributed by atoms with van der Waals surface area (Å²) in [5, 5.41) is 9.68. The van der Waals surface area contributed by atoms with E-state index in [0.717, 1.165) is 5.56 Å². The van der Waals surface area contributed by atoms with E-state index in [9.17, 15) is 0 Å². The summed E-state index contributed by atoms with van der Waals surface area (Å²) in [7, 11) is 0. The van der Waals surface area contributed by atoms with Crippen LogP contribution in [-0.4, -0.2) is 15.0 Å². The Morgan fingerprint density at radius 1 is 1.21 bits per heavy atom. The Morgan fingerprint density at radius 2 is 2.05 bits per heavy atom. The number of aromatic amines is 1. The van der Waals surface area contributed by atoms with Crippen molar-refractivity contribution in [3.63, 3.8) is 0 Å². The fourth-order valence-electron chi connectivity index (χ4n) is 1.86. The normalized spacial score (nSPS) is 10.3. The molecular formula is C14H10N4O. The van der Waals surface area contributed by atoms with Crippen molar-refractivity contribution in [2.45, 2.75) is 6.61 Å². The first kappa shape index (κ1) is 11.2. The molecule has 0 saturated carbocycles. The zero-order valence-corrected chi connectivity index (χ0v) is 10.00. The molecule has 5 heteroatoms. The molecule has 0 amide bonds. The van der Waals surface area contributed by atoms with Gasteiger partial charge in [-0.3, -0.25) is 0 Å². The second-order valence-electron chi connectivity index (χ2n) is 3.99. The van der Waals surface area contributed by atoms with E-state index >= 15 is 0 Å². The Labute approximate surface area is 109 Å². The van der Waals surface area contributed by atoms with E-state index in [0.29, 0.717) is 29.1 Å². The molecule has 0 radical (unpaired) electrons. The van der Waals surface area contributed by atoms with Crippen molar-refractivity contribution in [1.82, 2.24) is 15.0 Å². The van der Waals surface area contributed by atoms with Crippen LogP contribution in [0.5, 0.6) is 5.88 Å². The van der Waals surface area contributed by atoms with Gasteiger partial charge in [-0.05, 0) is 5.56 Å². The summed E-state index contributed by atoms with van der Waals surface area (Å²) in [5.41, 5.74) is 2.14. The SMILES string of the molecule is N#Cc1c[nH]c2ncnc(OCc3ccccc3)c12. The van der Waals surface area contributed by atoms with Crippen molar-refractivity contribution in [3.05, 3.63) is 54.0 Å². The number of aromatic nitrogens is 3. The van der Waals surface area contributed by atoms with Crippen molar-refractivity contribution in [2.75, 3.05) is 0 Å². The van der Waals surface area contributed by atoms with Gasteiger partial charge in [-0.1, -0.05) is 30.3 Å². The molecule has 19 heavy (non-hydrogen) atoms. The molecule has 0 atom stereocenters. The van der Waals surface area contributed by atoms with Crippen LogP contribution in [0.25, 0.3) is 11.0 Å². The van der Waals surface area contributed by atoms with E-state index < -0.39 is 0 Å². The van der Waals surface area contributed by atoms with Gasteiger partial charge in [0, 0.05) is 6.20 Å². The Bertz CT molecular complexity index is 743. The molecule has 0 aliphatic carbocycles. The van der Waals surface area contributed by atoms with Crippen LogP contribution in [0.4, 0.5) is 0 Å². The van der Waals surface area contributed by atoms with E-state index in [-0.39, 0.29) is 0 Å². The summed E-state index contributed by atoms with van der Waals surface area (Å²) in [6, 6.07) is 11.9. The predicted octanol–water partition coefficient (Wildman–Crippen LogP) is 2.41. The topological polar surface area (TPSA) is 74.6 Å². The molecule has 1 aromatic carbocycles. The number of hydrogen-bond donors (Lipinski definition) is 1. The van der Waals surface area contributed by atoms with E-state index in [1.54, 1.807) is 6.20 Å². The minimum absolute atomic E-state index is 0.406. The van der Waals surface area contributed by atoms with Gasteiger partial charge in [0.15, 0.2) is 0 Å². The number of hydrogen-bond acceptors (Lipinski definition) is 4. The highest BCUT2D eigenvalue weighted by atomic mass is 16.5. The van der Waals surface area contributed by atoms with Gasteiger partial charge in [-0.15, -0.1) is 0 Å². The largest absolute Gasteiger partial charge is 0.472 e. The summed E-state index contributed by atoms with van der Waals surface area (Å²) in [5.74, 6) is 0.423. The van der Waals surface area contributed by atoms with Crippen LogP contribution in [-0.2, 0) is 6.61 Å². The standard InChI is InChI=1S/C14H10N4O/c15-6-11-7-16-13-12(11)14(18-9-17-13)19-8-10-4-2-1-3-5-10/h1-5,7,9H,8H2,(H,16,17,18). The molecule has 0 aliphatic rings. The zero-order chi connectivity index (χ0) is 13.1. The molecule has 0 saturated heterocycles. The highest BCUT2D eigenvalue weighted by molar-refractivity contribution is 5.87. The number of ether oxygens (including phenoxy) is 1. The van der Waals surface area contributed by atoms with Gasteiger partial charge >= 0.3 is 0 Å². The summed E-state index contributed by atoms with van der Waals surface area (Å²) in [6.45, 7) is 0.406. The Balaban J connectivity index is 1.93. The molecular weight excluding hydrogens is 240 g/mol. The molecule has 2 heterocycles. The van der Waals surface area contributed by atoms with Crippen LogP contribution in [0, 0.1) is 11.3 Å². The first-order valence-corrected chi connectivity index (χ1v) is 5.77. The lowest BCUT2D eigenvalue weighted by Gasteiger charge is -2.06. The molecule has 3 rings (SSSR count). The maximum Gasteiger partial charge on any atom is 0.227 e. The van der Waals surface area contributed by atoms with Gasteiger partial charge in [0.2, 0.25) is 5.88 Å². The minimum atomic E-state index is 0.406. The van der Waals surface area contributed by atoms with E-state index in [2.05, 4.69) is 21.0 Å². The van der Waals surface area contributed by atoms with Gasteiger partial charge in [-0.2, -0.15) is 5.26 Å². The fourth-order valence-corrected chi connectivity index (χ4v) is 1.86. The van der Waals surface area contributed by atoms with Crippen molar-refractivity contribution < 1.29 is 4.74 Å². The summed E-state index contributed by atoms with van der Waals surface area (Å²) in [4.78, 5) is 11.1. The maximum absolute atomic E-state index is 9.05. The lowest BCUT2D eigenvalue weighted by Crippen LogP contribution is -1.98. The van der Waals surface area contributed by atoms with Crippen LogP contribution in [0.2, 0.25) is 0 Å². The van der Waals surface area contributed by atoms with Gasteiger partial charge < -0.3 is 9.72 Å². The number of nitriles is 1. The van der Waals surface area contributed by atoms with Crippen molar-refractivity contribution in [1.29, 1.82) is 5.26 Å². The first-order valence-electron chi connectivity index (χ1n) is 5.77. The predicted molar refractivity (Wildman–Crippen MR) is 69.4 cm³/mol. The molecule has 0 unspecified atom stereocenters. The molecule has 0 spiro atoms. The second kappa shape index (κ2) is 4.78. The van der Waals surface area contributed by atoms with Crippen LogP contribution < -0.4 is 4.74 Å². The third kappa shape index (κ3) is 2.11. The number of fused-ring (bicyclic) bond motifs is 1. The average Bonchev–Trinajstić information content (AvgIpc) is 2.90. The maximum atomic E-state index is 9.05. The van der Waals surface area contributed by atoms with Crippen LogP contribution in [0.15, 0.2) is 42.9 Å². The lowest BCUT2D eigenvalue weighted by atomic mass is 10.2. The molecule has 2 aromatic heterocycles. The first-order chi connectivity index (χ1) is 9.38. The molecule has 5 nitrogen and oxygen atoms in total. The van der Waals surface area contributed by atoms with E-state index in [1.807, 2.05) is 30.3 Å². The Kier molecular flexibility index (Phi) is 2.83. The quantitative estimate of drug-likeness (QED) is 0.774. The molecule has 0 fully saturated rings. The second-order valence-corrected chi connectivity index (χ2v) is 3.99. The molecule has 1 N–H and O–H groups in total. The van der Waals surface area contributed by atoms with Gasteiger partial charge in [-0.25, -0.2) is 9.97 Å². The highest BCUT2D eigenvalue weighted by Crippen LogP contribution is 2.25. The monoisotopic (exact) mass is 250 g/mol. The van der Waals surface area contributed by atoms with Gasteiger partial charge in [0.25, 0.3) is 0 Å². The highest BCUT2D eigenvalue weighted by Gasteiger charge is 2.11. The number of rotatable bonds is 3. The number of nitrogens with zero attached hydrogens (tertiary/aromatic N) is 3. The van der Waals surface area contributed by atoms with Crippen molar-refractivity contribution in [3.8, 4) is 11.9 Å². The average molecular weight is 250 g/mol. The van der Waals surface area contributed by atoms with E-state index in [1.165, 1.54) is 6.33 Å². The number of nitrogens with one attached hydrogen (secondary N) is 1. The van der Waals surface area contributed by atoms with Crippen molar-refractivity contribution >= 4 is 11.0 Å². The third-order valence-electron chi connectivity index (χ3n) is 2.77. The van der Waals surface area contributed by atoms with Gasteiger partial charge in [0.05, 0.1) is 10.9 Å².